The summed E-state index contributed by atoms with van der Waals surface area (Å²) in [6.45, 7) is 0. The summed E-state index contributed by atoms with van der Waals surface area (Å²) in [6.07, 6.45) is -3.65. The molecule has 0 aliphatic rings. The topological polar surface area (TPSA) is 17.1 Å². The summed E-state index contributed by atoms with van der Waals surface area (Å²) in [7, 11) is 0. The molecule has 0 saturated carbocycles. The minimum Gasteiger partial charge on any atom is -0.298 e. The number of alkyl halides is 2. The molecule has 0 aliphatic heterocycles. The normalized spacial score (nSPS) is 10.7. The van der Waals surface area contributed by atoms with E-state index in [2.05, 4.69) is 0 Å². The molecule has 0 aliphatic carbocycles. The van der Waals surface area contributed by atoms with Crippen LogP contribution in [0.4, 0.5) is 22.0 Å². The monoisotopic (exact) mass is 210 g/mol. The molecule has 0 N–H and O–H groups in total. The molecule has 76 valence electrons. The summed E-state index contributed by atoms with van der Waals surface area (Å²) in [5, 5.41) is 0. The Kier molecular flexibility index (Phi) is 2.83. The van der Waals surface area contributed by atoms with Crippen molar-refractivity contribution in [3.05, 3.63) is 34.6 Å². The second kappa shape index (κ2) is 3.73. The number of benzene rings is 1. The first kappa shape index (κ1) is 10.6. The van der Waals surface area contributed by atoms with Gasteiger partial charge >= 0.3 is 0 Å². The lowest BCUT2D eigenvalue weighted by molar-refractivity contribution is 0.111. The van der Waals surface area contributed by atoms with Crippen LogP contribution >= 0.6 is 0 Å². The Morgan fingerprint density at radius 2 is 1.71 bits per heavy atom. The van der Waals surface area contributed by atoms with Crippen LogP contribution in [-0.4, -0.2) is 6.29 Å². The lowest BCUT2D eigenvalue weighted by Gasteiger charge is -2.05. The number of halogens is 5. The van der Waals surface area contributed by atoms with Crippen LogP contribution in [-0.2, 0) is 0 Å². The van der Waals surface area contributed by atoms with Gasteiger partial charge in [-0.2, -0.15) is 0 Å². The van der Waals surface area contributed by atoms with Crippen LogP contribution in [0.5, 0.6) is 0 Å². The van der Waals surface area contributed by atoms with Crippen LogP contribution in [0.1, 0.15) is 22.3 Å². The Morgan fingerprint density at radius 3 is 2.14 bits per heavy atom. The Morgan fingerprint density at radius 1 is 1.14 bits per heavy atom. The minimum absolute atomic E-state index is 0.0301. The second-order valence-electron chi connectivity index (χ2n) is 2.41. The van der Waals surface area contributed by atoms with Gasteiger partial charge in [-0.25, -0.2) is 22.0 Å². The van der Waals surface area contributed by atoms with Gasteiger partial charge in [0.1, 0.15) is 5.82 Å². The third kappa shape index (κ3) is 1.59. The summed E-state index contributed by atoms with van der Waals surface area (Å²) < 4.78 is 62.0. The first-order valence-electron chi connectivity index (χ1n) is 3.39. The van der Waals surface area contributed by atoms with Crippen LogP contribution in [0.3, 0.4) is 0 Å². The third-order valence-electron chi connectivity index (χ3n) is 1.57. The molecule has 0 heterocycles. The maximum atomic E-state index is 12.8. The quantitative estimate of drug-likeness (QED) is 0.416. The summed E-state index contributed by atoms with van der Waals surface area (Å²) in [4.78, 5) is 10.1. The maximum Gasteiger partial charge on any atom is 0.266 e. The van der Waals surface area contributed by atoms with Gasteiger partial charge in [-0.15, -0.1) is 0 Å². The van der Waals surface area contributed by atoms with E-state index in [1.54, 1.807) is 0 Å². The molecule has 1 aromatic rings. The molecule has 0 radical (unpaired) electrons. The average molecular weight is 210 g/mol. The highest BCUT2D eigenvalue weighted by molar-refractivity contribution is 5.76. The predicted octanol–water partition coefficient (Wildman–Crippen LogP) is 2.85. The molecule has 0 atom stereocenters. The fraction of sp³-hybridized carbons (Fsp3) is 0.125. The lowest BCUT2D eigenvalue weighted by atomic mass is 10.1. The summed E-state index contributed by atoms with van der Waals surface area (Å²) in [5.74, 6) is -5.17. The number of hydrogen-bond donors (Lipinski definition) is 0. The molecule has 1 nitrogen and oxygen atoms in total. The van der Waals surface area contributed by atoms with Gasteiger partial charge in [0.05, 0.1) is 11.1 Å². The van der Waals surface area contributed by atoms with E-state index in [1.165, 1.54) is 0 Å². The number of carbonyl (C=O) groups is 1. The van der Waals surface area contributed by atoms with Gasteiger partial charge in [0.2, 0.25) is 0 Å². The van der Waals surface area contributed by atoms with E-state index in [9.17, 15) is 26.7 Å². The number of aldehydes is 1. The van der Waals surface area contributed by atoms with Crippen molar-refractivity contribution >= 4 is 6.29 Å². The number of carbonyl (C=O) groups excluding carboxylic acids is 1. The van der Waals surface area contributed by atoms with E-state index in [-0.39, 0.29) is 12.4 Å². The van der Waals surface area contributed by atoms with Crippen LogP contribution < -0.4 is 0 Å². The van der Waals surface area contributed by atoms with Crippen LogP contribution in [0.25, 0.3) is 0 Å². The second-order valence-corrected chi connectivity index (χ2v) is 2.41. The number of rotatable bonds is 2. The van der Waals surface area contributed by atoms with Crippen molar-refractivity contribution in [2.45, 2.75) is 6.43 Å². The van der Waals surface area contributed by atoms with Crippen molar-refractivity contribution in [1.82, 2.24) is 0 Å². The molecule has 6 heteroatoms. The van der Waals surface area contributed by atoms with Gasteiger partial charge in [0.15, 0.2) is 17.9 Å². The highest BCUT2D eigenvalue weighted by Gasteiger charge is 2.22. The molecule has 0 unspecified atom stereocenters. The molecule has 14 heavy (non-hydrogen) atoms. The van der Waals surface area contributed by atoms with Crippen LogP contribution in [0.15, 0.2) is 6.07 Å². The highest BCUT2D eigenvalue weighted by Crippen LogP contribution is 2.26. The molecule has 0 fully saturated rings. The summed E-state index contributed by atoms with van der Waals surface area (Å²) in [6, 6.07) is 0.0301. The summed E-state index contributed by atoms with van der Waals surface area (Å²) >= 11 is 0. The molecule has 0 aromatic heterocycles. The van der Waals surface area contributed by atoms with E-state index in [0.717, 1.165) is 0 Å². The fourth-order valence-electron chi connectivity index (χ4n) is 0.906. The minimum atomic E-state index is -3.30. The van der Waals surface area contributed by atoms with Crippen molar-refractivity contribution in [2.24, 2.45) is 0 Å². The van der Waals surface area contributed by atoms with Gasteiger partial charge in [-0.1, -0.05) is 0 Å². The SMILES string of the molecule is O=Cc1c(F)c(F)cc(C(F)F)c1F. The molecule has 1 rings (SSSR count). The van der Waals surface area contributed by atoms with E-state index in [0.29, 0.717) is 0 Å². The molecule has 1 aromatic carbocycles. The largest absolute Gasteiger partial charge is 0.298 e. The predicted molar refractivity (Wildman–Crippen MR) is 36.7 cm³/mol. The molecule has 0 saturated heterocycles. The Labute approximate surface area is 75.2 Å². The van der Waals surface area contributed by atoms with E-state index in [1.807, 2.05) is 0 Å². The van der Waals surface area contributed by atoms with Crippen LogP contribution in [0.2, 0.25) is 0 Å². The Hall–Kier alpha value is -1.46. The van der Waals surface area contributed by atoms with E-state index >= 15 is 0 Å². The molecule has 0 spiro atoms. The zero-order valence-corrected chi connectivity index (χ0v) is 6.53. The molecule has 0 bridgehead atoms. The van der Waals surface area contributed by atoms with Gasteiger partial charge in [-0.3, -0.25) is 4.79 Å². The van der Waals surface area contributed by atoms with Crippen molar-refractivity contribution < 1.29 is 26.7 Å². The standard InChI is InChI=1S/C8H3F5O/c9-5-1-3(8(12)13)6(10)4(2-14)7(5)11/h1-2,8H. The lowest BCUT2D eigenvalue weighted by Crippen LogP contribution is -2.03. The van der Waals surface area contributed by atoms with Crippen molar-refractivity contribution in [1.29, 1.82) is 0 Å². The Bertz CT molecular complexity index is 374. The first-order valence-corrected chi connectivity index (χ1v) is 3.39. The van der Waals surface area contributed by atoms with Gasteiger partial charge in [0, 0.05) is 0 Å². The number of hydrogen-bond acceptors (Lipinski definition) is 1. The zero-order valence-electron chi connectivity index (χ0n) is 6.53. The van der Waals surface area contributed by atoms with Crippen LogP contribution in [0, 0.1) is 17.5 Å². The van der Waals surface area contributed by atoms with Gasteiger partial charge in [0.25, 0.3) is 6.43 Å². The zero-order chi connectivity index (χ0) is 10.9. The van der Waals surface area contributed by atoms with E-state index in [4.69, 9.17) is 0 Å². The first-order chi connectivity index (χ1) is 6.49. The maximum absolute atomic E-state index is 12.8. The fourth-order valence-corrected chi connectivity index (χ4v) is 0.906. The third-order valence-corrected chi connectivity index (χ3v) is 1.57. The average Bonchev–Trinajstić information content (AvgIpc) is 2.12. The van der Waals surface area contributed by atoms with Gasteiger partial charge < -0.3 is 0 Å². The molecular formula is C8H3F5O. The van der Waals surface area contributed by atoms with E-state index < -0.39 is 35.0 Å². The highest BCUT2D eigenvalue weighted by atomic mass is 19.3. The Balaban J connectivity index is 3.50. The van der Waals surface area contributed by atoms with Crippen molar-refractivity contribution in [3.63, 3.8) is 0 Å². The van der Waals surface area contributed by atoms with Gasteiger partial charge in [-0.05, 0) is 6.07 Å². The van der Waals surface area contributed by atoms with Crippen molar-refractivity contribution in [3.8, 4) is 0 Å². The van der Waals surface area contributed by atoms with Crippen molar-refractivity contribution in [2.75, 3.05) is 0 Å². The smallest absolute Gasteiger partial charge is 0.266 e. The summed E-state index contributed by atoms with van der Waals surface area (Å²) in [5.41, 5.74) is -2.65. The molecular weight excluding hydrogens is 207 g/mol. The molecule has 0 amide bonds.